The van der Waals surface area contributed by atoms with E-state index < -0.39 is 21.6 Å². The minimum Gasteiger partial charge on any atom is -0.484 e. The first kappa shape index (κ1) is 18.0. The largest absolute Gasteiger partial charge is 0.484 e. The number of halogens is 3. The Morgan fingerprint density at radius 1 is 1.12 bits per heavy atom. The Bertz CT molecular complexity index is 742. The van der Waals surface area contributed by atoms with Gasteiger partial charge in [0.2, 0.25) is 0 Å². The average molecular weight is 377 g/mol. The van der Waals surface area contributed by atoms with Crippen LogP contribution in [-0.4, -0.2) is 49.4 Å². The van der Waals surface area contributed by atoms with Crippen LogP contribution >= 0.6 is 0 Å². The van der Waals surface area contributed by atoms with Gasteiger partial charge < -0.3 is 9.64 Å². The summed E-state index contributed by atoms with van der Waals surface area (Å²) in [7, 11) is -3.11. The van der Waals surface area contributed by atoms with Crippen LogP contribution in [0.1, 0.15) is 24.8 Å². The number of alkyl halides is 3. The molecule has 3 rings (SSSR count). The molecular weight excluding hydrogens is 359 g/mol. The number of sulfone groups is 1. The molecule has 2 aliphatic rings. The summed E-state index contributed by atoms with van der Waals surface area (Å²) in [5, 5.41) is 0. The van der Waals surface area contributed by atoms with E-state index >= 15 is 0 Å². The fraction of sp³-hybridized carbons (Fsp3) is 0.562. The van der Waals surface area contributed by atoms with Gasteiger partial charge in [0.1, 0.15) is 5.75 Å². The third-order valence-electron chi connectivity index (χ3n) is 4.37. The van der Waals surface area contributed by atoms with E-state index in [1.165, 1.54) is 0 Å². The van der Waals surface area contributed by atoms with Crippen molar-refractivity contribution in [3.63, 3.8) is 0 Å². The first-order chi connectivity index (χ1) is 11.7. The maximum Gasteiger partial charge on any atom is 0.416 e. The summed E-state index contributed by atoms with van der Waals surface area (Å²) < 4.78 is 66.1. The van der Waals surface area contributed by atoms with Crippen molar-refractivity contribution >= 4 is 15.7 Å². The van der Waals surface area contributed by atoms with Crippen molar-refractivity contribution in [1.29, 1.82) is 0 Å². The second-order valence-corrected chi connectivity index (χ2v) is 8.63. The van der Waals surface area contributed by atoms with Gasteiger partial charge >= 0.3 is 6.18 Å². The Labute approximate surface area is 143 Å². The lowest BCUT2D eigenvalue weighted by Crippen LogP contribution is -2.45. The highest BCUT2D eigenvalue weighted by molar-refractivity contribution is 7.91. The van der Waals surface area contributed by atoms with Crippen molar-refractivity contribution < 1.29 is 31.1 Å². The van der Waals surface area contributed by atoms with Crippen molar-refractivity contribution in [2.24, 2.45) is 0 Å². The number of nitrogens with zero attached hydrogens (tertiary/aromatic N) is 1. The van der Waals surface area contributed by atoms with Crippen molar-refractivity contribution in [3.8, 4) is 5.75 Å². The smallest absolute Gasteiger partial charge is 0.416 e. The van der Waals surface area contributed by atoms with Gasteiger partial charge in [-0.05, 0) is 43.5 Å². The van der Waals surface area contributed by atoms with Crippen LogP contribution in [0.5, 0.6) is 5.75 Å². The number of hydrogen-bond acceptors (Lipinski definition) is 4. The summed E-state index contributed by atoms with van der Waals surface area (Å²) >= 11 is 0. The molecule has 1 amide bonds. The number of carbonyl (C=O) groups excluding carboxylic acids is 1. The zero-order valence-electron chi connectivity index (χ0n) is 13.3. The Balaban J connectivity index is 1.61. The van der Waals surface area contributed by atoms with Crippen LogP contribution in [0.2, 0.25) is 0 Å². The maximum absolute atomic E-state index is 12.5. The SMILES string of the molecule is O=C(COc1ccc(C(F)(F)F)cc1)N(C1CC1)C1CCS(=O)(=O)C1. The predicted molar refractivity (Wildman–Crippen MR) is 83.9 cm³/mol. The third-order valence-corrected chi connectivity index (χ3v) is 6.12. The highest BCUT2D eigenvalue weighted by Gasteiger charge is 2.42. The van der Waals surface area contributed by atoms with Gasteiger partial charge in [0.15, 0.2) is 16.4 Å². The van der Waals surface area contributed by atoms with Crippen molar-refractivity contribution in [2.75, 3.05) is 18.1 Å². The summed E-state index contributed by atoms with van der Waals surface area (Å²) in [6.07, 6.45) is -2.33. The van der Waals surface area contributed by atoms with Gasteiger partial charge in [-0.15, -0.1) is 0 Å². The molecule has 9 heteroatoms. The van der Waals surface area contributed by atoms with E-state index in [1.54, 1.807) is 4.90 Å². The molecule has 1 saturated carbocycles. The lowest BCUT2D eigenvalue weighted by atomic mass is 10.2. The summed E-state index contributed by atoms with van der Waals surface area (Å²) in [4.78, 5) is 14.0. The highest BCUT2D eigenvalue weighted by atomic mass is 32.2. The average Bonchev–Trinajstić information content (AvgIpc) is 3.28. The maximum atomic E-state index is 12.5. The number of benzene rings is 1. The molecular formula is C16H18F3NO4S. The molecule has 1 atom stereocenters. The zero-order chi connectivity index (χ0) is 18.2. The molecule has 0 aromatic heterocycles. The van der Waals surface area contributed by atoms with Gasteiger partial charge in [0.05, 0.1) is 17.1 Å². The van der Waals surface area contributed by atoms with Crippen LogP contribution in [0.3, 0.4) is 0 Å². The van der Waals surface area contributed by atoms with Crippen molar-refractivity contribution in [2.45, 2.75) is 37.5 Å². The normalized spacial score (nSPS) is 22.6. The van der Waals surface area contributed by atoms with E-state index in [1.807, 2.05) is 0 Å². The van der Waals surface area contributed by atoms with Gasteiger partial charge in [-0.2, -0.15) is 13.2 Å². The molecule has 25 heavy (non-hydrogen) atoms. The van der Waals surface area contributed by atoms with Crippen molar-refractivity contribution in [1.82, 2.24) is 4.90 Å². The van der Waals surface area contributed by atoms with Crippen LogP contribution in [0, 0.1) is 0 Å². The number of rotatable bonds is 5. The van der Waals surface area contributed by atoms with Crippen molar-refractivity contribution in [3.05, 3.63) is 29.8 Å². The van der Waals surface area contributed by atoms with Crippen LogP contribution in [0.15, 0.2) is 24.3 Å². The number of ether oxygens (including phenoxy) is 1. The monoisotopic (exact) mass is 377 g/mol. The Kier molecular flexibility index (Phi) is 4.70. The van der Waals surface area contributed by atoms with E-state index in [2.05, 4.69) is 0 Å². The van der Waals surface area contributed by atoms with E-state index in [0.29, 0.717) is 6.42 Å². The molecule has 1 aromatic rings. The molecule has 2 fully saturated rings. The third kappa shape index (κ3) is 4.45. The minimum absolute atomic E-state index is 0.0322. The second kappa shape index (κ2) is 6.51. The first-order valence-electron chi connectivity index (χ1n) is 7.97. The Hall–Kier alpha value is -1.77. The number of hydrogen-bond donors (Lipinski definition) is 0. The van der Waals surface area contributed by atoms with Crippen LogP contribution in [-0.2, 0) is 20.8 Å². The summed E-state index contributed by atoms with van der Waals surface area (Å²) in [5.74, 6) is -0.121. The molecule has 1 aliphatic carbocycles. The van der Waals surface area contributed by atoms with Crippen LogP contribution in [0.25, 0.3) is 0 Å². The highest BCUT2D eigenvalue weighted by Crippen LogP contribution is 2.33. The van der Waals surface area contributed by atoms with E-state index in [0.717, 1.165) is 37.1 Å². The number of carbonyl (C=O) groups is 1. The fourth-order valence-electron chi connectivity index (χ4n) is 3.01. The fourth-order valence-corrected chi connectivity index (χ4v) is 4.72. The van der Waals surface area contributed by atoms with Gasteiger partial charge in [0.25, 0.3) is 5.91 Å². The van der Waals surface area contributed by atoms with E-state index in [-0.39, 0.29) is 41.9 Å². The zero-order valence-corrected chi connectivity index (χ0v) is 14.1. The van der Waals surface area contributed by atoms with Gasteiger partial charge in [-0.25, -0.2) is 8.42 Å². The van der Waals surface area contributed by atoms with Crippen LogP contribution < -0.4 is 4.74 Å². The quantitative estimate of drug-likeness (QED) is 0.790. The van der Waals surface area contributed by atoms with Gasteiger partial charge in [-0.3, -0.25) is 4.79 Å². The van der Waals surface area contributed by atoms with Gasteiger partial charge in [-0.1, -0.05) is 0 Å². The molecule has 1 aromatic carbocycles. The van der Waals surface area contributed by atoms with Gasteiger partial charge in [0, 0.05) is 12.1 Å². The molecule has 0 spiro atoms. The molecule has 0 N–H and O–H groups in total. The van der Waals surface area contributed by atoms with E-state index in [9.17, 15) is 26.4 Å². The summed E-state index contributed by atoms with van der Waals surface area (Å²) in [5.41, 5.74) is -0.790. The summed E-state index contributed by atoms with van der Waals surface area (Å²) in [6, 6.07) is 3.82. The molecule has 0 bridgehead atoms. The van der Waals surface area contributed by atoms with Crippen LogP contribution in [0.4, 0.5) is 13.2 Å². The predicted octanol–water partition coefficient (Wildman–Crippen LogP) is 2.26. The molecule has 1 aliphatic heterocycles. The minimum atomic E-state index is -4.43. The second-order valence-electron chi connectivity index (χ2n) is 6.40. The Morgan fingerprint density at radius 2 is 1.76 bits per heavy atom. The molecule has 1 heterocycles. The standard InChI is InChI=1S/C16H18F3NO4S/c17-16(18,19)11-1-5-14(6-2-11)24-9-15(21)20(12-3-4-12)13-7-8-25(22,23)10-13/h1-2,5-6,12-13H,3-4,7-10H2. The first-order valence-corrected chi connectivity index (χ1v) is 9.79. The lowest BCUT2D eigenvalue weighted by Gasteiger charge is -2.28. The molecule has 138 valence electrons. The molecule has 0 radical (unpaired) electrons. The number of amides is 1. The summed E-state index contributed by atoms with van der Waals surface area (Å²) in [6.45, 7) is -0.321. The molecule has 1 saturated heterocycles. The molecule has 5 nitrogen and oxygen atoms in total. The lowest BCUT2D eigenvalue weighted by molar-refractivity contribution is -0.138. The topological polar surface area (TPSA) is 63.7 Å². The molecule has 1 unspecified atom stereocenters. The van der Waals surface area contributed by atoms with E-state index in [4.69, 9.17) is 4.74 Å². The Morgan fingerprint density at radius 3 is 2.24 bits per heavy atom.